The van der Waals surface area contributed by atoms with E-state index in [1.54, 1.807) is 25.1 Å². The first kappa shape index (κ1) is 20.3. The maximum Gasteiger partial charge on any atom is 0.336 e. The van der Waals surface area contributed by atoms with Crippen molar-refractivity contribution in [3.8, 4) is 5.75 Å². The molecule has 0 spiro atoms. The van der Waals surface area contributed by atoms with E-state index in [9.17, 15) is 14.0 Å². The number of benzene rings is 2. The summed E-state index contributed by atoms with van der Waals surface area (Å²) >= 11 is 5.07. The number of hydrogen-bond donors (Lipinski definition) is 3. The van der Waals surface area contributed by atoms with Crippen LogP contribution in [0.5, 0.6) is 5.75 Å². The van der Waals surface area contributed by atoms with Crippen LogP contribution in [0.3, 0.4) is 0 Å². The number of fused-ring (bicyclic) bond motifs is 1. The van der Waals surface area contributed by atoms with E-state index in [0.29, 0.717) is 17.0 Å². The standard InChI is InChI=1S/C20H18FN3O4S/c1-11-9-18(25)28-17-10-15(7-8-16(11)17)27-12(2)19(26)23-24-20(29)22-14-5-3-13(21)4-6-14/h3-10,12H,1-2H3,(H,23,26)(H2,22,24,29)/t12-/m1/s1. The zero-order chi connectivity index (χ0) is 21.0. The van der Waals surface area contributed by atoms with E-state index in [1.165, 1.54) is 30.3 Å². The van der Waals surface area contributed by atoms with Gasteiger partial charge in [0.15, 0.2) is 11.2 Å². The Morgan fingerprint density at radius 2 is 1.86 bits per heavy atom. The van der Waals surface area contributed by atoms with Crippen molar-refractivity contribution in [2.75, 3.05) is 5.32 Å². The highest BCUT2D eigenvalue weighted by molar-refractivity contribution is 7.80. The fourth-order valence-electron chi connectivity index (χ4n) is 2.55. The number of carbonyl (C=O) groups excluding carboxylic acids is 1. The summed E-state index contributed by atoms with van der Waals surface area (Å²) in [6, 6.07) is 12.0. The molecule has 150 valence electrons. The number of nitrogens with one attached hydrogen (secondary N) is 3. The molecule has 0 aliphatic rings. The Hall–Kier alpha value is -3.46. The number of ether oxygens (including phenoxy) is 1. The van der Waals surface area contributed by atoms with Crippen LogP contribution in [0.2, 0.25) is 0 Å². The summed E-state index contributed by atoms with van der Waals surface area (Å²) in [5.41, 5.74) is 6.25. The van der Waals surface area contributed by atoms with Gasteiger partial charge < -0.3 is 14.5 Å². The number of carbonyl (C=O) groups is 1. The van der Waals surface area contributed by atoms with E-state index in [4.69, 9.17) is 21.4 Å². The zero-order valence-electron chi connectivity index (χ0n) is 15.6. The Morgan fingerprint density at radius 3 is 2.59 bits per heavy atom. The average molecular weight is 415 g/mol. The maximum atomic E-state index is 12.9. The van der Waals surface area contributed by atoms with Gasteiger partial charge in [0.2, 0.25) is 0 Å². The number of rotatable bonds is 4. The first-order valence-corrected chi connectivity index (χ1v) is 9.06. The summed E-state index contributed by atoms with van der Waals surface area (Å²) in [4.78, 5) is 23.7. The third-order valence-corrected chi connectivity index (χ3v) is 4.21. The lowest BCUT2D eigenvalue weighted by atomic mass is 10.1. The van der Waals surface area contributed by atoms with Gasteiger partial charge in [0.25, 0.3) is 5.91 Å². The molecule has 1 atom stereocenters. The van der Waals surface area contributed by atoms with Crippen molar-refractivity contribution in [3.63, 3.8) is 0 Å². The minimum Gasteiger partial charge on any atom is -0.481 e. The van der Waals surface area contributed by atoms with Gasteiger partial charge >= 0.3 is 5.63 Å². The lowest BCUT2D eigenvalue weighted by Gasteiger charge is -2.16. The van der Waals surface area contributed by atoms with Crippen molar-refractivity contribution in [2.45, 2.75) is 20.0 Å². The monoisotopic (exact) mass is 415 g/mol. The Balaban J connectivity index is 1.56. The highest BCUT2D eigenvalue weighted by Crippen LogP contribution is 2.23. The van der Waals surface area contributed by atoms with Crippen LogP contribution in [-0.2, 0) is 4.79 Å². The molecule has 1 aromatic heterocycles. The molecule has 0 aliphatic heterocycles. The molecule has 3 aromatic rings. The molecule has 0 saturated heterocycles. The summed E-state index contributed by atoms with van der Waals surface area (Å²) in [6.45, 7) is 3.37. The second kappa shape index (κ2) is 8.70. The average Bonchev–Trinajstić information content (AvgIpc) is 2.67. The molecule has 1 amide bonds. The van der Waals surface area contributed by atoms with Gasteiger partial charge in [-0.05, 0) is 68.0 Å². The number of hydrazine groups is 1. The molecule has 0 aliphatic carbocycles. The van der Waals surface area contributed by atoms with E-state index >= 15 is 0 Å². The second-order valence-corrected chi connectivity index (χ2v) is 6.65. The largest absolute Gasteiger partial charge is 0.481 e. The van der Waals surface area contributed by atoms with Gasteiger partial charge in [-0.15, -0.1) is 0 Å². The minimum atomic E-state index is -0.856. The molecule has 7 nitrogen and oxygen atoms in total. The molecule has 29 heavy (non-hydrogen) atoms. The van der Waals surface area contributed by atoms with Gasteiger partial charge in [-0.2, -0.15) is 0 Å². The lowest BCUT2D eigenvalue weighted by Crippen LogP contribution is -2.48. The molecule has 0 bridgehead atoms. The first-order chi connectivity index (χ1) is 13.8. The number of thiocarbonyl (C=S) groups is 1. The third kappa shape index (κ3) is 5.29. The smallest absolute Gasteiger partial charge is 0.336 e. The zero-order valence-corrected chi connectivity index (χ0v) is 16.4. The molecule has 2 aromatic carbocycles. The molecule has 9 heteroatoms. The highest BCUT2D eigenvalue weighted by Gasteiger charge is 2.15. The van der Waals surface area contributed by atoms with Crippen molar-refractivity contribution in [3.05, 3.63) is 70.3 Å². The fraction of sp³-hybridized carbons (Fsp3) is 0.150. The van der Waals surface area contributed by atoms with Crippen LogP contribution in [0.15, 0.2) is 57.7 Å². The summed E-state index contributed by atoms with van der Waals surface area (Å²) in [7, 11) is 0. The molecular formula is C20H18FN3O4S. The normalized spacial score (nSPS) is 11.6. The molecule has 0 saturated carbocycles. The minimum absolute atomic E-state index is 0.125. The summed E-state index contributed by atoms with van der Waals surface area (Å²) < 4.78 is 23.7. The Labute approximate surface area is 170 Å². The van der Waals surface area contributed by atoms with Crippen LogP contribution in [-0.4, -0.2) is 17.1 Å². The summed E-state index contributed by atoms with van der Waals surface area (Å²) in [6.07, 6.45) is -0.856. The molecule has 0 fully saturated rings. The third-order valence-electron chi connectivity index (χ3n) is 4.01. The molecule has 3 N–H and O–H groups in total. The topological polar surface area (TPSA) is 92.6 Å². The van der Waals surface area contributed by atoms with Crippen LogP contribution >= 0.6 is 12.2 Å². The van der Waals surface area contributed by atoms with Crippen molar-refractivity contribution >= 4 is 39.9 Å². The molecule has 1 heterocycles. The number of amides is 1. The quantitative estimate of drug-likeness (QED) is 0.343. The van der Waals surface area contributed by atoms with Gasteiger partial charge in [0.1, 0.15) is 17.1 Å². The van der Waals surface area contributed by atoms with E-state index in [1.807, 2.05) is 6.92 Å². The molecule has 0 radical (unpaired) electrons. The van der Waals surface area contributed by atoms with Crippen molar-refractivity contribution in [1.29, 1.82) is 0 Å². The van der Waals surface area contributed by atoms with Gasteiger partial charge in [0.05, 0.1) is 0 Å². The van der Waals surface area contributed by atoms with Crippen molar-refractivity contribution < 1.29 is 18.3 Å². The molecule has 0 unspecified atom stereocenters. The Morgan fingerprint density at radius 1 is 1.14 bits per heavy atom. The SMILES string of the molecule is Cc1cc(=O)oc2cc(O[C@H](C)C(=O)NNC(=S)Nc3ccc(F)cc3)ccc12. The van der Waals surface area contributed by atoms with E-state index in [0.717, 1.165) is 10.9 Å². The Bertz CT molecular complexity index is 1110. The van der Waals surface area contributed by atoms with Gasteiger partial charge in [-0.1, -0.05) is 0 Å². The summed E-state index contributed by atoms with van der Waals surface area (Å²) in [5, 5.41) is 3.71. The number of halogens is 1. The number of anilines is 1. The van der Waals surface area contributed by atoms with Gasteiger partial charge in [-0.3, -0.25) is 15.6 Å². The van der Waals surface area contributed by atoms with Crippen LogP contribution < -0.4 is 26.5 Å². The van der Waals surface area contributed by atoms with Gasteiger partial charge in [-0.25, -0.2) is 9.18 Å². The maximum absolute atomic E-state index is 12.9. The highest BCUT2D eigenvalue weighted by atomic mass is 32.1. The number of aryl methyl sites for hydroxylation is 1. The fourth-order valence-corrected chi connectivity index (χ4v) is 2.72. The van der Waals surface area contributed by atoms with Crippen LogP contribution in [0.25, 0.3) is 11.0 Å². The van der Waals surface area contributed by atoms with Crippen LogP contribution in [0.4, 0.5) is 10.1 Å². The van der Waals surface area contributed by atoms with E-state index in [2.05, 4.69) is 16.2 Å². The number of hydrogen-bond acceptors (Lipinski definition) is 5. The van der Waals surface area contributed by atoms with E-state index < -0.39 is 17.6 Å². The second-order valence-electron chi connectivity index (χ2n) is 6.24. The lowest BCUT2D eigenvalue weighted by molar-refractivity contribution is -0.127. The first-order valence-electron chi connectivity index (χ1n) is 8.65. The van der Waals surface area contributed by atoms with Crippen molar-refractivity contribution in [1.82, 2.24) is 10.9 Å². The predicted octanol–water partition coefficient (Wildman–Crippen LogP) is 3.03. The van der Waals surface area contributed by atoms with Gasteiger partial charge in [0, 0.05) is 23.2 Å². The molecular weight excluding hydrogens is 397 g/mol. The van der Waals surface area contributed by atoms with Crippen molar-refractivity contribution in [2.24, 2.45) is 0 Å². The predicted molar refractivity (Wildman–Crippen MR) is 111 cm³/mol. The Kier molecular flexibility index (Phi) is 6.08. The molecule has 3 rings (SSSR count). The van der Waals surface area contributed by atoms with Crippen LogP contribution in [0, 0.1) is 12.7 Å². The van der Waals surface area contributed by atoms with E-state index in [-0.39, 0.29) is 10.9 Å². The van der Waals surface area contributed by atoms with Crippen LogP contribution in [0.1, 0.15) is 12.5 Å². The summed E-state index contributed by atoms with van der Waals surface area (Å²) in [5.74, 6) is -0.461.